The molecule has 0 spiro atoms. The molecule has 8 heteroatoms. The van der Waals surface area contributed by atoms with Crippen LogP contribution in [-0.2, 0) is 14.3 Å². The van der Waals surface area contributed by atoms with Gasteiger partial charge < -0.3 is 20.5 Å². The van der Waals surface area contributed by atoms with Gasteiger partial charge in [-0.3, -0.25) is 4.79 Å². The van der Waals surface area contributed by atoms with Gasteiger partial charge in [0.05, 0.1) is 7.11 Å². The normalized spacial score (nSPS) is 11.4. The number of hydrogen-bond donors (Lipinski definition) is 3. The van der Waals surface area contributed by atoms with Crippen LogP contribution < -0.4 is 10.6 Å². The van der Waals surface area contributed by atoms with E-state index in [0.29, 0.717) is 6.54 Å². The van der Waals surface area contributed by atoms with Crippen molar-refractivity contribution in [2.45, 2.75) is 18.9 Å². The highest BCUT2D eigenvalue weighted by molar-refractivity contribution is 7.98. The summed E-state index contributed by atoms with van der Waals surface area (Å²) in [5.41, 5.74) is 0. The fourth-order valence-corrected chi connectivity index (χ4v) is 1.40. The molecule has 0 heterocycles. The monoisotopic (exact) mass is 278 g/mol. The fraction of sp³-hybridized carbons (Fsp3) is 0.700. The number of nitrogens with one attached hydrogen (secondary N) is 2. The van der Waals surface area contributed by atoms with E-state index in [4.69, 9.17) is 5.11 Å². The van der Waals surface area contributed by atoms with Crippen LogP contribution in [0.5, 0.6) is 0 Å². The lowest BCUT2D eigenvalue weighted by molar-refractivity contribution is -0.142. The molecule has 0 rings (SSSR count). The first-order chi connectivity index (χ1) is 8.51. The number of rotatable bonds is 8. The Morgan fingerprint density at radius 2 is 2.06 bits per heavy atom. The van der Waals surface area contributed by atoms with Crippen LogP contribution in [-0.4, -0.2) is 54.8 Å². The van der Waals surface area contributed by atoms with Crippen molar-refractivity contribution in [2.75, 3.05) is 25.7 Å². The van der Waals surface area contributed by atoms with E-state index in [2.05, 4.69) is 15.4 Å². The number of urea groups is 1. The van der Waals surface area contributed by atoms with Crippen molar-refractivity contribution < 1.29 is 24.2 Å². The number of carbonyl (C=O) groups excluding carboxylic acids is 2. The van der Waals surface area contributed by atoms with Crippen LogP contribution in [0.3, 0.4) is 0 Å². The van der Waals surface area contributed by atoms with Crippen molar-refractivity contribution in [3.05, 3.63) is 0 Å². The molecule has 0 unspecified atom stereocenters. The minimum absolute atomic E-state index is 0.00203. The van der Waals surface area contributed by atoms with Gasteiger partial charge in [-0.25, -0.2) is 9.59 Å². The van der Waals surface area contributed by atoms with E-state index in [-0.39, 0.29) is 12.8 Å². The molecule has 0 aliphatic rings. The highest BCUT2D eigenvalue weighted by Crippen LogP contribution is 1.99. The molecule has 3 N–H and O–H groups in total. The zero-order chi connectivity index (χ0) is 14.0. The van der Waals surface area contributed by atoms with E-state index in [9.17, 15) is 14.4 Å². The minimum atomic E-state index is -1.18. The summed E-state index contributed by atoms with van der Waals surface area (Å²) in [5.74, 6) is -0.947. The van der Waals surface area contributed by atoms with Gasteiger partial charge in [0, 0.05) is 18.7 Å². The second-order valence-electron chi connectivity index (χ2n) is 3.40. The number of carbonyl (C=O) groups is 3. The summed E-state index contributed by atoms with van der Waals surface area (Å²) >= 11 is 1.57. The number of aliphatic carboxylic acids is 1. The summed E-state index contributed by atoms with van der Waals surface area (Å²) in [6.07, 6.45) is 1.84. The number of carboxylic acid groups (broad SMARTS) is 1. The second-order valence-corrected chi connectivity index (χ2v) is 4.38. The molecule has 1 atom stereocenters. The molecule has 0 bridgehead atoms. The molecule has 0 aromatic heterocycles. The van der Waals surface area contributed by atoms with E-state index < -0.39 is 24.0 Å². The Labute approximate surface area is 110 Å². The quantitative estimate of drug-likeness (QED) is 0.428. The number of amides is 2. The number of methoxy groups -OCH3 is 1. The standard InChI is InChI=1S/C10H18N2O5S/c1-17-8(13)4-3-7(9(14)15)12-10(16)11-5-6-18-2/h7H,3-6H2,1-2H3,(H,14,15)(H2,11,12,16)/t7-/m1/s1. The highest BCUT2D eigenvalue weighted by Gasteiger charge is 2.20. The van der Waals surface area contributed by atoms with E-state index in [1.807, 2.05) is 6.26 Å². The number of hydrogen-bond acceptors (Lipinski definition) is 5. The van der Waals surface area contributed by atoms with Crippen molar-refractivity contribution in [3.8, 4) is 0 Å². The zero-order valence-corrected chi connectivity index (χ0v) is 11.2. The predicted molar refractivity (Wildman–Crippen MR) is 67.6 cm³/mol. The smallest absolute Gasteiger partial charge is 0.326 e. The molecule has 2 amide bonds. The van der Waals surface area contributed by atoms with Crippen LogP contribution in [0, 0.1) is 0 Å². The average molecular weight is 278 g/mol. The molecule has 0 saturated carbocycles. The Morgan fingerprint density at radius 1 is 1.39 bits per heavy atom. The van der Waals surface area contributed by atoms with Crippen LogP contribution in [0.4, 0.5) is 4.79 Å². The summed E-state index contributed by atoms with van der Waals surface area (Å²) in [6.45, 7) is 0.455. The Kier molecular flexibility index (Phi) is 8.81. The summed E-state index contributed by atoms with van der Waals surface area (Å²) in [6, 6.07) is -1.65. The van der Waals surface area contributed by atoms with Crippen LogP contribution in [0.15, 0.2) is 0 Å². The largest absolute Gasteiger partial charge is 0.480 e. The first kappa shape index (κ1) is 16.6. The molecule has 0 saturated heterocycles. The van der Waals surface area contributed by atoms with Crippen LogP contribution >= 0.6 is 11.8 Å². The van der Waals surface area contributed by atoms with Crippen molar-refractivity contribution in [2.24, 2.45) is 0 Å². The SMILES string of the molecule is COC(=O)CC[C@@H](NC(=O)NCCSC)C(=O)O. The maximum atomic E-state index is 11.3. The van der Waals surface area contributed by atoms with E-state index >= 15 is 0 Å². The lowest BCUT2D eigenvalue weighted by Gasteiger charge is -2.14. The molecule has 104 valence electrons. The van der Waals surface area contributed by atoms with Gasteiger partial charge in [0.1, 0.15) is 6.04 Å². The van der Waals surface area contributed by atoms with Crippen molar-refractivity contribution >= 4 is 29.7 Å². The topological polar surface area (TPSA) is 105 Å². The van der Waals surface area contributed by atoms with Crippen molar-refractivity contribution in [1.82, 2.24) is 10.6 Å². The molecule has 18 heavy (non-hydrogen) atoms. The Bertz CT molecular complexity index is 298. The van der Waals surface area contributed by atoms with Gasteiger partial charge in [-0.05, 0) is 12.7 Å². The number of carboxylic acids is 1. The first-order valence-electron chi connectivity index (χ1n) is 5.34. The number of ether oxygens (including phenoxy) is 1. The molecule has 0 aliphatic carbocycles. The Hall–Kier alpha value is -1.44. The molecular weight excluding hydrogens is 260 g/mol. The van der Waals surface area contributed by atoms with Crippen molar-refractivity contribution in [1.29, 1.82) is 0 Å². The molecule has 0 fully saturated rings. The van der Waals surface area contributed by atoms with E-state index in [1.54, 1.807) is 11.8 Å². The fourth-order valence-electron chi connectivity index (χ4n) is 1.10. The third kappa shape index (κ3) is 7.77. The van der Waals surface area contributed by atoms with Gasteiger partial charge in [0.15, 0.2) is 0 Å². The molecule has 0 aromatic rings. The lowest BCUT2D eigenvalue weighted by atomic mass is 10.1. The maximum absolute atomic E-state index is 11.3. The van der Waals surface area contributed by atoms with Gasteiger partial charge in [-0.2, -0.15) is 11.8 Å². The van der Waals surface area contributed by atoms with Crippen LogP contribution in [0.2, 0.25) is 0 Å². The van der Waals surface area contributed by atoms with Gasteiger partial charge in [-0.15, -0.1) is 0 Å². The van der Waals surface area contributed by atoms with E-state index in [1.165, 1.54) is 7.11 Å². The summed E-state index contributed by atoms with van der Waals surface area (Å²) in [5, 5.41) is 13.7. The Balaban J connectivity index is 4.06. The molecule has 0 aliphatic heterocycles. The third-order valence-corrected chi connectivity index (χ3v) is 2.67. The number of thioether (sulfide) groups is 1. The summed E-state index contributed by atoms with van der Waals surface area (Å²) in [4.78, 5) is 33.1. The molecule has 0 radical (unpaired) electrons. The zero-order valence-electron chi connectivity index (χ0n) is 10.4. The highest BCUT2D eigenvalue weighted by atomic mass is 32.2. The third-order valence-electron chi connectivity index (χ3n) is 2.06. The summed E-state index contributed by atoms with van der Waals surface area (Å²) in [7, 11) is 1.22. The van der Waals surface area contributed by atoms with E-state index in [0.717, 1.165) is 5.75 Å². The first-order valence-corrected chi connectivity index (χ1v) is 6.73. The minimum Gasteiger partial charge on any atom is -0.480 e. The Morgan fingerprint density at radius 3 is 2.56 bits per heavy atom. The van der Waals surface area contributed by atoms with Crippen LogP contribution in [0.1, 0.15) is 12.8 Å². The number of esters is 1. The average Bonchev–Trinajstić information content (AvgIpc) is 2.33. The predicted octanol–water partition coefficient (Wildman–Crippen LogP) is 0.0550. The van der Waals surface area contributed by atoms with Crippen LogP contribution in [0.25, 0.3) is 0 Å². The van der Waals surface area contributed by atoms with Gasteiger partial charge in [0.25, 0.3) is 0 Å². The molecule has 7 nitrogen and oxygen atoms in total. The lowest BCUT2D eigenvalue weighted by Crippen LogP contribution is -2.46. The molecule has 0 aromatic carbocycles. The summed E-state index contributed by atoms with van der Waals surface area (Å²) < 4.78 is 4.40. The second kappa shape index (κ2) is 9.58. The van der Waals surface area contributed by atoms with Gasteiger partial charge in [0.2, 0.25) is 0 Å². The van der Waals surface area contributed by atoms with Crippen molar-refractivity contribution in [3.63, 3.8) is 0 Å². The molecular formula is C10H18N2O5S. The maximum Gasteiger partial charge on any atom is 0.326 e. The van der Waals surface area contributed by atoms with Gasteiger partial charge >= 0.3 is 18.0 Å². The van der Waals surface area contributed by atoms with Gasteiger partial charge in [-0.1, -0.05) is 0 Å².